The molecule has 0 bridgehead atoms. The average Bonchev–Trinajstić information content (AvgIpc) is 3.13. The molecule has 48 heavy (non-hydrogen) atoms. The van der Waals surface area contributed by atoms with Crippen LogP contribution in [0.15, 0.2) is 137 Å². The fraction of sp³-hybridized carbons (Fsp3) is 0.184. The number of aromatic carboxylic acids is 1. The fourth-order valence-electron chi connectivity index (χ4n) is 5.53. The van der Waals surface area contributed by atoms with Crippen LogP contribution >= 0.6 is 11.8 Å². The lowest BCUT2D eigenvalue weighted by atomic mass is 9.99. The van der Waals surface area contributed by atoms with Gasteiger partial charge in [0.2, 0.25) is 10.0 Å². The third-order valence-corrected chi connectivity index (χ3v) is 10.7. The maximum absolute atomic E-state index is 12.7. The van der Waals surface area contributed by atoms with E-state index in [-0.39, 0.29) is 35.8 Å². The smallest absolute Gasteiger partial charge is 0.336 e. The van der Waals surface area contributed by atoms with E-state index in [1.54, 1.807) is 42.5 Å². The summed E-state index contributed by atoms with van der Waals surface area (Å²) in [6, 6.07) is 38.5. The quantitative estimate of drug-likeness (QED) is 0.117. The van der Waals surface area contributed by atoms with E-state index >= 15 is 0 Å². The number of carboxylic acids is 1. The van der Waals surface area contributed by atoms with Gasteiger partial charge in [-0.05, 0) is 58.1 Å². The molecule has 0 saturated carbocycles. The second kappa shape index (κ2) is 15.3. The van der Waals surface area contributed by atoms with Gasteiger partial charge in [-0.2, -0.15) is 0 Å². The first-order chi connectivity index (χ1) is 23.3. The topological polar surface area (TPSA) is 122 Å². The van der Waals surface area contributed by atoms with E-state index in [1.165, 1.54) is 11.8 Å². The second-order valence-corrected chi connectivity index (χ2v) is 14.3. The highest BCUT2D eigenvalue weighted by molar-refractivity contribution is 7.99. The van der Waals surface area contributed by atoms with Crippen LogP contribution in [-0.4, -0.2) is 36.5 Å². The van der Waals surface area contributed by atoms with Gasteiger partial charge >= 0.3 is 5.97 Å². The molecule has 1 aliphatic rings. The number of ether oxygens (including phenoxy) is 2. The summed E-state index contributed by atoms with van der Waals surface area (Å²) in [4.78, 5) is 12.7. The molecule has 246 valence electrons. The molecular formula is C38H35NO7S2. The van der Waals surface area contributed by atoms with E-state index in [4.69, 9.17) is 9.47 Å². The van der Waals surface area contributed by atoms with Crippen molar-refractivity contribution in [3.8, 4) is 11.1 Å². The summed E-state index contributed by atoms with van der Waals surface area (Å²) in [5.74, 6) is -0.432. The number of thioether (sulfide) groups is 1. The lowest BCUT2D eigenvalue weighted by Gasteiger charge is -2.36. The van der Waals surface area contributed by atoms with Gasteiger partial charge in [0.25, 0.3) is 0 Å². The predicted molar refractivity (Wildman–Crippen MR) is 185 cm³/mol. The van der Waals surface area contributed by atoms with Crippen molar-refractivity contribution >= 4 is 27.8 Å². The number of hydrogen-bond acceptors (Lipinski definition) is 7. The van der Waals surface area contributed by atoms with Gasteiger partial charge in [-0.3, -0.25) is 0 Å². The van der Waals surface area contributed by atoms with Crippen LogP contribution in [0.4, 0.5) is 0 Å². The van der Waals surface area contributed by atoms with Crippen LogP contribution in [0.2, 0.25) is 0 Å². The lowest BCUT2D eigenvalue weighted by Crippen LogP contribution is -2.31. The molecule has 0 unspecified atom stereocenters. The summed E-state index contributed by atoms with van der Waals surface area (Å²) in [7, 11) is -3.63. The third kappa shape index (κ3) is 8.22. The van der Waals surface area contributed by atoms with E-state index < -0.39 is 22.3 Å². The van der Waals surface area contributed by atoms with Crippen molar-refractivity contribution in [2.45, 2.75) is 47.9 Å². The molecule has 10 heteroatoms. The highest BCUT2D eigenvalue weighted by Gasteiger charge is 2.32. The van der Waals surface area contributed by atoms with Gasteiger partial charge in [0.05, 0.1) is 29.3 Å². The molecule has 3 N–H and O–H groups in total. The summed E-state index contributed by atoms with van der Waals surface area (Å²) in [6.45, 7) is 0.113. The first kappa shape index (κ1) is 33.6. The van der Waals surface area contributed by atoms with Crippen LogP contribution in [-0.2, 0) is 32.6 Å². The summed E-state index contributed by atoms with van der Waals surface area (Å²) in [6.07, 6.45) is -0.577. The summed E-state index contributed by atoms with van der Waals surface area (Å²) in [5.41, 5.74) is 5.60. The average molecular weight is 682 g/mol. The van der Waals surface area contributed by atoms with Crippen molar-refractivity contribution < 1.29 is 32.9 Å². The van der Waals surface area contributed by atoms with Gasteiger partial charge in [-0.25, -0.2) is 17.9 Å². The monoisotopic (exact) mass is 681 g/mol. The Morgan fingerprint density at radius 3 is 2.21 bits per heavy atom. The largest absolute Gasteiger partial charge is 0.478 e. The molecule has 8 nitrogen and oxygen atoms in total. The molecule has 5 aromatic carbocycles. The number of carboxylic acid groups (broad SMARTS) is 1. The van der Waals surface area contributed by atoms with Crippen LogP contribution in [0.1, 0.15) is 51.4 Å². The number of rotatable bonds is 12. The lowest BCUT2D eigenvalue weighted by molar-refractivity contribution is -0.245. The zero-order chi connectivity index (χ0) is 33.5. The molecule has 1 fully saturated rings. The zero-order valence-corrected chi connectivity index (χ0v) is 27.6. The molecule has 5 aromatic rings. The number of sulfonamides is 1. The Labute approximate surface area is 284 Å². The first-order valence-corrected chi connectivity index (χ1v) is 18.0. The van der Waals surface area contributed by atoms with Gasteiger partial charge in [0.1, 0.15) is 0 Å². The van der Waals surface area contributed by atoms with Gasteiger partial charge in [0, 0.05) is 29.2 Å². The molecule has 0 amide bonds. The van der Waals surface area contributed by atoms with Crippen molar-refractivity contribution in [2.24, 2.45) is 0 Å². The minimum Gasteiger partial charge on any atom is -0.478 e. The van der Waals surface area contributed by atoms with Crippen molar-refractivity contribution in [1.29, 1.82) is 0 Å². The first-order valence-electron chi connectivity index (χ1n) is 15.5. The van der Waals surface area contributed by atoms with Crippen molar-refractivity contribution in [3.63, 3.8) is 0 Å². The Bertz CT molecular complexity index is 1950. The number of carbonyl (C=O) groups is 1. The van der Waals surface area contributed by atoms with Crippen LogP contribution < -0.4 is 4.72 Å². The Morgan fingerprint density at radius 1 is 0.771 bits per heavy atom. The van der Waals surface area contributed by atoms with Gasteiger partial charge in [0.15, 0.2) is 6.29 Å². The molecule has 6 rings (SSSR count). The molecule has 0 aromatic heterocycles. The van der Waals surface area contributed by atoms with Crippen LogP contribution in [0.5, 0.6) is 0 Å². The Hall–Kier alpha value is -4.29. The highest BCUT2D eigenvalue weighted by atomic mass is 32.2. The summed E-state index contributed by atoms with van der Waals surface area (Å²) >= 11 is 1.45. The molecule has 1 aliphatic heterocycles. The maximum Gasteiger partial charge on any atom is 0.336 e. The van der Waals surface area contributed by atoms with E-state index in [0.717, 1.165) is 33.4 Å². The number of aliphatic hydroxyl groups excluding tert-OH is 1. The van der Waals surface area contributed by atoms with Crippen LogP contribution in [0.3, 0.4) is 0 Å². The van der Waals surface area contributed by atoms with Crippen molar-refractivity contribution in [2.75, 3.05) is 5.75 Å². The van der Waals surface area contributed by atoms with Gasteiger partial charge < -0.3 is 19.7 Å². The number of nitrogens with one attached hydrogen (secondary N) is 1. The molecular weight excluding hydrogens is 647 g/mol. The van der Waals surface area contributed by atoms with Crippen molar-refractivity contribution in [1.82, 2.24) is 4.72 Å². The molecule has 3 atom stereocenters. The van der Waals surface area contributed by atoms with Crippen molar-refractivity contribution in [3.05, 3.63) is 155 Å². The summed E-state index contributed by atoms with van der Waals surface area (Å²) in [5, 5.41) is 19.1. The standard InChI is InChI=1S/C38H35NO7S2/c40-24-26-13-15-29(16-14-26)35-22-32(25-47-36-12-5-4-11-34(36)37(41)42)45-38(46-35)30-19-17-28(18-20-30)31-8-6-7-27(21-31)23-39-48(43,44)33-9-2-1-3-10-33/h1-21,32,35,38-40H,22-25H2,(H,41,42)/t32-,35+,38+/m1/s1. The highest BCUT2D eigenvalue weighted by Crippen LogP contribution is 2.40. The van der Waals surface area contributed by atoms with E-state index in [2.05, 4.69) is 4.72 Å². The van der Waals surface area contributed by atoms with E-state index in [0.29, 0.717) is 17.1 Å². The normalized spacial score (nSPS) is 18.0. The molecule has 1 saturated heterocycles. The Morgan fingerprint density at radius 2 is 1.48 bits per heavy atom. The Kier molecular flexibility index (Phi) is 10.7. The fourth-order valence-corrected chi connectivity index (χ4v) is 7.63. The SMILES string of the molecule is O=C(O)c1ccccc1SC[C@H]1C[C@@H](c2ccc(CO)cc2)O[C@@H](c2ccc(-c3cccc(CNS(=O)(=O)c4ccccc4)c3)cc2)O1. The van der Waals surface area contributed by atoms with Crippen LogP contribution in [0.25, 0.3) is 11.1 Å². The third-order valence-electron chi connectivity index (χ3n) is 8.12. The number of hydrogen-bond donors (Lipinski definition) is 3. The minimum absolute atomic E-state index is 0.0433. The molecule has 0 spiro atoms. The van der Waals surface area contributed by atoms with Gasteiger partial charge in [-0.15, -0.1) is 11.8 Å². The van der Waals surface area contributed by atoms with Crippen LogP contribution in [0, 0.1) is 0 Å². The van der Waals surface area contributed by atoms with E-state index in [1.807, 2.05) is 84.9 Å². The molecule has 0 aliphatic carbocycles. The molecule has 1 heterocycles. The second-order valence-electron chi connectivity index (χ2n) is 11.4. The van der Waals surface area contributed by atoms with E-state index in [9.17, 15) is 23.4 Å². The Balaban J connectivity index is 1.18. The van der Waals surface area contributed by atoms with Gasteiger partial charge in [-0.1, -0.05) is 97.1 Å². The summed E-state index contributed by atoms with van der Waals surface area (Å²) < 4.78 is 41.0. The minimum atomic E-state index is -3.63. The zero-order valence-electron chi connectivity index (χ0n) is 25.9. The number of benzene rings is 5. The molecule has 0 radical (unpaired) electrons. The predicted octanol–water partition coefficient (Wildman–Crippen LogP) is 7.36. The number of aliphatic hydroxyl groups is 1. The maximum atomic E-state index is 12.7.